The minimum Gasteiger partial charge on any atom is -0.508 e. The third kappa shape index (κ3) is 3.00. The first-order valence-corrected chi connectivity index (χ1v) is 6.93. The molecule has 0 amide bonds. The van der Waals surface area contributed by atoms with Gasteiger partial charge >= 0.3 is 0 Å². The lowest BCUT2D eigenvalue weighted by Crippen LogP contribution is -2.12. The van der Waals surface area contributed by atoms with Gasteiger partial charge in [-0.05, 0) is 34.6 Å². The van der Waals surface area contributed by atoms with Crippen molar-refractivity contribution >= 4 is 15.9 Å². The highest BCUT2D eigenvalue weighted by Crippen LogP contribution is 2.32. The molecule has 0 aliphatic carbocycles. The molecule has 0 atom stereocenters. The van der Waals surface area contributed by atoms with Crippen molar-refractivity contribution in [3.63, 3.8) is 0 Å². The number of alkyl halides is 1. The molecule has 0 unspecified atom stereocenters. The number of phenolic OH excluding ortho intramolecular Hbond substituents is 1. The van der Waals surface area contributed by atoms with E-state index in [1.807, 2.05) is 6.07 Å². The predicted molar refractivity (Wildman–Crippen MR) is 73.4 cm³/mol. The van der Waals surface area contributed by atoms with Crippen molar-refractivity contribution in [2.75, 3.05) is 0 Å². The second-order valence-corrected chi connectivity index (χ2v) is 5.83. The second kappa shape index (κ2) is 5.22. The van der Waals surface area contributed by atoms with Crippen LogP contribution < -0.4 is 0 Å². The summed E-state index contributed by atoms with van der Waals surface area (Å²) < 4.78 is 0. The fraction of sp³-hybridized carbons (Fsp3) is 0.571. The van der Waals surface area contributed by atoms with Crippen molar-refractivity contribution in [1.29, 1.82) is 0 Å². The van der Waals surface area contributed by atoms with Crippen LogP contribution >= 0.6 is 15.9 Å². The van der Waals surface area contributed by atoms with Gasteiger partial charge in [0.2, 0.25) is 0 Å². The molecule has 16 heavy (non-hydrogen) atoms. The van der Waals surface area contributed by atoms with E-state index in [2.05, 4.69) is 49.7 Å². The monoisotopic (exact) mass is 284 g/mol. The van der Waals surface area contributed by atoms with Crippen LogP contribution in [0.15, 0.2) is 12.1 Å². The smallest absolute Gasteiger partial charge is 0.119 e. The molecule has 1 nitrogen and oxygen atoms in total. The summed E-state index contributed by atoms with van der Waals surface area (Å²) in [6.07, 6.45) is 2.00. The third-order valence-corrected chi connectivity index (χ3v) is 3.43. The average Bonchev–Trinajstić information content (AvgIpc) is 2.19. The molecule has 0 heterocycles. The summed E-state index contributed by atoms with van der Waals surface area (Å²) in [6.45, 7) is 8.63. The quantitative estimate of drug-likeness (QED) is 0.808. The first kappa shape index (κ1) is 13.6. The van der Waals surface area contributed by atoms with Gasteiger partial charge in [0.05, 0.1) is 0 Å². The minimum atomic E-state index is 0.0825. The molecule has 0 aromatic heterocycles. The Labute approximate surface area is 107 Å². The molecule has 0 saturated carbocycles. The van der Waals surface area contributed by atoms with Gasteiger partial charge in [-0.2, -0.15) is 0 Å². The van der Waals surface area contributed by atoms with Crippen LogP contribution in [0, 0.1) is 0 Å². The van der Waals surface area contributed by atoms with Gasteiger partial charge in [0.1, 0.15) is 5.75 Å². The van der Waals surface area contributed by atoms with Gasteiger partial charge in [-0.25, -0.2) is 0 Å². The lowest BCUT2D eigenvalue weighted by atomic mass is 9.84. The zero-order chi connectivity index (χ0) is 12.3. The van der Waals surface area contributed by atoms with E-state index in [1.165, 1.54) is 11.1 Å². The number of phenols is 1. The number of aromatic hydroxyl groups is 1. The van der Waals surface area contributed by atoms with Crippen molar-refractivity contribution in [1.82, 2.24) is 0 Å². The summed E-state index contributed by atoms with van der Waals surface area (Å²) in [5.41, 5.74) is 3.58. The van der Waals surface area contributed by atoms with Crippen LogP contribution in [0.3, 0.4) is 0 Å². The lowest BCUT2D eigenvalue weighted by molar-refractivity contribution is 0.462. The Morgan fingerprint density at radius 1 is 1.25 bits per heavy atom. The summed E-state index contributed by atoms with van der Waals surface area (Å²) in [5.74, 6) is 0.448. The maximum absolute atomic E-state index is 10.1. The topological polar surface area (TPSA) is 20.2 Å². The van der Waals surface area contributed by atoms with Crippen molar-refractivity contribution in [2.24, 2.45) is 0 Å². The molecule has 0 bridgehead atoms. The highest BCUT2D eigenvalue weighted by atomic mass is 79.9. The molecular formula is C14H21BrO. The molecular weight excluding hydrogens is 264 g/mol. The maximum Gasteiger partial charge on any atom is 0.119 e. The van der Waals surface area contributed by atoms with Crippen molar-refractivity contribution in [3.05, 3.63) is 28.8 Å². The minimum absolute atomic E-state index is 0.0825. The Morgan fingerprint density at radius 3 is 2.31 bits per heavy atom. The molecule has 1 aromatic rings. The number of rotatable bonds is 3. The van der Waals surface area contributed by atoms with E-state index in [4.69, 9.17) is 0 Å². The summed E-state index contributed by atoms with van der Waals surface area (Å²) in [5, 5.41) is 10.9. The van der Waals surface area contributed by atoms with Gasteiger partial charge in [0, 0.05) is 5.33 Å². The van der Waals surface area contributed by atoms with Crippen LogP contribution in [-0.4, -0.2) is 5.11 Å². The van der Waals surface area contributed by atoms with Crippen LogP contribution in [0.4, 0.5) is 0 Å². The molecule has 0 aliphatic heterocycles. The molecule has 0 radical (unpaired) electrons. The normalized spacial score (nSPS) is 11.8. The first-order chi connectivity index (χ1) is 7.40. The standard InChI is InChI=1S/C14H21BrO/c1-5-6-12-10(9-15)7-11(8-13(12)16)14(2,3)4/h7-8,16H,5-6,9H2,1-4H3. The molecule has 90 valence electrons. The van der Waals surface area contributed by atoms with Crippen LogP contribution in [0.2, 0.25) is 0 Å². The summed E-state index contributed by atoms with van der Waals surface area (Å²) in [6, 6.07) is 4.12. The first-order valence-electron chi connectivity index (χ1n) is 5.81. The molecule has 0 aliphatic rings. The Morgan fingerprint density at radius 2 is 1.88 bits per heavy atom. The predicted octanol–water partition coefficient (Wildman–Crippen LogP) is 4.54. The van der Waals surface area contributed by atoms with Crippen LogP contribution in [0.5, 0.6) is 5.75 Å². The Hall–Kier alpha value is -0.500. The Balaban J connectivity index is 3.26. The van der Waals surface area contributed by atoms with E-state index in [-0.39, 0.29) is 5.41 Å². The van der Waals surface area contributed by atoms with E-state index < -0.39 is 0 Å². The zero-order valence-electron chi connectivity index (χ0n) is 10.6. The highest BCUT2D eigenvalue weighted by Gasteiger charge is 2.17. The van der Waals surface area contributed by atoms with Gasteiger partial charge in [0.15, 0.2) is 0 Å². The van der Waals surface area contributed by atoms with E-state index >= 15 is 0 Å². The largest absolute Gasteiger partial charge is 0.508 e. The molecule has 1 N–H and O–H groups in total. The lowest BCUT2D eigenvalue weighted by Gasteiger charge is -2.22. The molecule has 0 fully saturated rings. The van der Waals surface area contributed by atoms with Crippen molar-refractivity contribution in [2.45, 2.75) is 51.3 Å². The fourth-order valence-corrected chi connectivity index (χ4v) is 2.31. The SMILES string of the molecule is CCCc1c(O)cc(C(C)(C)C)cc1CBr. The van der Waals surface area contributed by atoms with Gasteiger partial charge < -0.3 is 5.11 Å². The van der Waals surface area contributed by atoms with E-state index in [0.29, 0.717) is 5.75 Å². The Kier molecular flexibility index (Phi) is 4.43. The highest BCUT2D eigenvalue weighted by molar-refractivity contribution is 9.08. The van der Waals surface area contributed by atoms with Gasteiger partial charge in [0.25, 0.3) is 0 Å². The van der Waals surface area contributed by atoms with Crippen molar-refractivity contribution in [3.8, 4) is 5.75 Å². The Bertz CT molecular complexity index is 364. The van der Waals surface area contributed by atoms with E-state index in [0.717, 1.165) is 23.7 Å². The second-order valence-electron chi connectivity index (χ2n) is 5.27. The van der Waals surface area contributed by atoms with Crippen molar-refractivity contribution < 1.29 is 5.11 Å². The summed E-state index contributed by atoms with van der Waals surface area (Å²) >= 11 is 3.50. The van der Waals surface area contributed by atoms with E-state index in [9.17, 15) is 5.11 Å². The fourth-order valence-electron chi connectivity index (χ4n) is 1.81. The number of halogens is 1. The van der Waals surface area contributed by atoms with Crippen LogP contribution in [-0.2, 0) is 17.2 Å². The molecule has 0 spiro atoms. The molecule has 1 aromatic carbocycles. The summed E-state index contributed by atoms with van der Waals surface area (Å²) in [4.78, 5) is 0. The van der Waals surface area contributed by atoms with Gasteiger partial charge in [-0.15, -0.1) is 0 Å². The van der Waals surface area contributed by atoms with Crippen LogP contribution in [0.1, 0.15) is 50.8 Å². The maximum atomic E-state index is 10.1. The molecule has 1 rings (SSSR count). The number of hydrogen-bond acceptors (Lipinski definition) is 1. The number of hydrogen-bond donors (Lipinski definition) is 1. The molecule has 2 heteroatoms. The van der Waals surface area contributed by atoms with E-state index in [1.54, 1.807) is 0 Å². The molecule has 0 saturated heterocycles. The van der Waals surface area contributed by atoms with Gasteiger partial charge in [-0.1, -0.05) is 56.1 Å². The summed E-state index contributed by atoms with van der Waals surface area (Å²) in [7, 11) is 0. The average molecular weight is 285 g/mol. The number of benzene rings is 1. The third-order valence-electron chi connectivity index (χ3n) is 2.83. The zero-order valence-corrected chi connectivity index (χ0v) is 12.2. The van der Waals surface area contributed by atoms with Crippen LogP contribution in [0.25, 0.3) is 0 Å². The van der Waals surface area contributed by atoms with Gasteiger partial charge in [-0.3, -0.25) is 0 Å².